The van der Waals surface area contributed by atoms with Crippen LogP contribution in [0.5, 0.6) is 5.75 Å². The Morgan fingerprint density at radius 1 is 1.31 bits per heavy atom. The van der Waals surface area contributed by atoms with E-state index < -0.39 is 10.0 Å². The number of amides is 1. The van der Waals surface area contributed by atoms with Gasteiger partial charge in [-0.3, -0.25) is 4.79 Å². The van der Waals surface area contributed by atoms with E-state index >= 15 is 0 Å². The molecule has 1 aromatic rings. The molecule has 1 atom stereocenters. The maximum atomic E-state index is 12.9. The highest BCUT2D eigenvalue weighted by atomic mass is 32.2. The van der Waals surface area contributed by atoms with Gasteiger partial charge < -0.3 is 14.4 Å². The molecule has 1 aliphatic heterocycles. The van der Waals surface area contributed by atoms with E-state index in [-0.39, 0.29) is 29.0 Å². The van der Waals surface area contributed by atoms with E-state index in [1.807, 2.05) is 0 Å². The lowest BCUT2D eigenvalue weighted by Gasteiger charge is -2.30. The molecule has 1 amide bonds. The van der Waals surface area contributed by atoms with Gasteiger partial charge >= 0.3 is 0 Å². The average Bonchev–Trinajstić information content (AvgIpc) is 2.61. The first-order valence-electron chi connectivity index (χ1n) is 8.77. The molecule has 1 aromatic carbocycles. The van der Waals surface area contributed by atoms with Crippen LogP contribution in [-0.4, -0.2) is 59.2 Å². The van der Waals surface area contributed by atoms with E-state index in [4.69, 9.17) is 9.47 Å². The largest absolute Gasteiger partial charge is 0.496 e. The minimum Gasteiger partial charge on any atom is -0.496 e. The van der Waals surface area contributed by atoms with E-state index in [1.165, 1.54) is 32.4 Å². The Bertz CT molecular complexity index is 727. The van der Waals surface area contributed by atoms with Gasteiger partial charge in [0, 0.05) is 26.2 Å². The van der Waals surface area contributed by atoms with Crippen LogP contribution in [0.3, 0.4) is 0 Å². The number of hydrogen-bond acceptors (Lipinski definition) is 5. The van der Waals surface area contributed by atoms with Crippen molar-refractivity contribution in [3.63, 3.8) is 0 Å². The van der Waals surface area contributed by atoms with E-state index in [0.29, 0.717) is 24.8 Å². The first-order valence-corrected chi connectivity index (χ1v) is 10.3. The fourth-order valence-corrected chi connectivity index (χ4v) is 4.27. The van der Waals surface area contributed by atoms with Crippen molar-refractivity contribution >= 4 is 15.9 Å². The molecular formula is C18H28N2O5S. The SMILES string of the molecule is COC[C@@H](C)NS(=O)(=O)c1ccc(OC)c(C(=O)N2CCC(C)CC2)c1. The summed E-state index contributed by atoms with van der Waals surface area (Å²) in [7, 11) is -0.780. The van der Waals surface area contributed by atoms with Crippen LogP contribution in [0.2, 0.25) is 0 Å². The second kappa shape index (κ2) is 8.83. The first-order chi connectivity index (χ1) is 12.3. The summed E-state index contributed by atoms with van der Waals surface area (Å²) >= 11 is 0. The van der Waals surface area contributed by atoms with Gasteiger partial charge in [-0.2, -0.15) is 0 Å². The third kappa shape index (κ3) is 4.96. The van der Waals surface area contributed by atoms with E-state index in [1.54, 1.807) is 11.8 Å². The van der Waals surface area contributed by atoms with Gasteiger partial charge in [0.1, 0.15) is 5.75 Å². The lowest BCUT2D eigenvalue weighted by molar-refractivity contribution is 0.0693. The van der Waals surface area contributed by atoms with Crippen molar-refractivity contribution in [1.29, 1.82) is 0 Å². The predicted octanol–water partition coefficient (Wildman–Crippen LogP) is 1.88. The number of piperidine rings is 1. The van der Waals surface area contributed by atoms with Gasteiger partial charge in [-0.05, 0) is 43.9 Å². The van der Waals surface area contributed by atoms with E-state index in [9.17, 15) is 13.2 Å². The van der Waals surface area contributed by atoms with Crippen LogP contribution >= 0.6 is 0 Å². The molecular weight excluding hydrogens is 356 g/mol. The summed E-state index contributed by atoms with van der Waals surface area (Å²) in [5.74, 6) is 0.771. The molecule has 0 bridgehead atoms. The number of nitrogens with zero attached hydrogens (tertiary/aromatic N) is 1. The maximum absolute atomic E-state index is 12.9. The van der Waals surface area contributed by atoms with Gasteiger partial charge in [0.15, 0.2) is 0 Å². The van der Waals surface area contributed by atoms with Crippen LogP contribution in [-0.2, 0) is 14.8 Å². The fraction of sp³-hybridized carbons (Fsp3) is 0.611. The molecule has 1 fully saturated rings. The summed E-state index contributed by atoms with van der Waals surface area (Å²) in [4.78, 5) is 14.7. The molecule has 26 heavy (non-hydrogen) atoms. The van der Waals surface area contributed by atoms with Gasteiger partial charge in [0.25, 0.3) is 5.91 Å². The Balaban J connectivity index is 2.29. The van der Waals surface area contributed by atoms with E-state index in [0.717, 1.165) is 12.8 Å². The standard InChI is InChI=1S/C18H28N2O5S/c1-13-7-9-20(10-8-13)18(21)16-11-15(5-6-17(16)25-4)26(22,23)19-14(2)12-24-3/h5-6,11,13-14,19H,7-10,12H2,1-4H3/t14-/m1/s1. The van der Waals surface area contributed by atoms with E-state index in [2.05, 4.69) is 11.6 Å². The summed E-state index contributed by atoms with van der Waals surface area (Å²) < 4.78 is 37.9. The fourth-order valence-electron chi connectivity index (χ4n) is 3.02. The number of methoxy groups -OCH3 is 2. The minimum atomic E-state index is -3.76. The van der Waals surface area contributed by atoms with Crippen LogP contribution < -0.4 is 9.46 Å². The molecule has 0 unspecified atom stereocenters. The van der Waals surface area contributed by atoms with Crippen molar-refractivity contribution in [2.45, 2.75) is 37.6 Å². The van der Waals surface area contributed by atoms with Gasteiger partial charge in [0.2, 0.25) is 10.0 Å². The molecule has 0 aliphatic carbocycles. The lowest BCUT2D eigenvalue weighted by atomic mass is 9.98. The number of nitrogens with one attached hydrogen (secondary N) is 1. The summed E-state index contributed by atoms with van der Waals surface area (Å²) in [6.45, 7) is 5.48. The highest BCUT2D eigenvalue weighted by Crippen LogP contribution is 2.26. The summed E-state index contributed by atoms with van der Waals surface area (Å²) in [5.41, 5.74) is 0.268. The summed E-state index contributed by atoms with van der Waals surface area (Å²) in [6, 6.07) is 3.97. The second-order valence-electron chi connectivity index (χ2n) is 6.81. The molecule has 0 aromatic heterocycles. The molecule has 146 valence electrons. The van der Waals surface area contributed by atoms with Gasteiger partial charge in [0.05, 0.1) is 24.2 Å². The Morgan fingerprint density at radius 2 is 1.96 bits per heavy atom. The van der Waals surface area contributed by atoms with Crippen LogP contribution in [0, 0.1) is 5.92 Å². The van der Waals surface area contributed by atoms with Crippen molar-refractivity contribution < 1.29 is 22.7 Å². The number of likely N-dealkylation sites (tertiary alicyclic amines) is 1. The van der Waals surface area contributed by atoms with Gasteiger partial charge in [-0.15, -0.1) is 0 Å². The van der Waals surface area contributed by atoms with Crippen molar-refractivity contribution in [2.75, 3.05) is 33.9 Å². The van der Waals surface area contributed by atoms with Crippen LogP contribution in [0.4, 0.5) is 0 Å². The molecule has 0 saturated carbocycles. The quantitative estimate of drug-likeness (QED) is 0.776. The molecule has 7 nitrogen and oxygen atoms in total. The van der Waals surface area contributed by atoms with Crippen molar-refractivity contribution in [3.8, 4) is 5.75 Å². The smallest absolute Gasteiger partial charge is 0.257 e. The molecule has 1 N–H and O–H groups in total. The molecule has 1 aliphatic rings. The number of benzene rings is 1. The normalized spacial score (nSPS) is 17.2. The summed E-state index contributed by atoms with van der Waals surface area (Å²) in [6.07, 6.45) is 1.89. The third-order valence-corrected chi connectivity index (χ3v) is 6.14. The zero-order valence-electron chi connectivity index (χ0n) is 15.8. The number of carbonyl (C=O) groups is 1. The minimum absolute atomic E-state index is 0.0370. The Kier molecular flexibility index (Phi) is 7.02. The summed E-state index contributed by atoms with van der Waals surface area (Å²) in [5, 5.41) is 0. The number of rotatable bonds is 7. The molecule has 0 spiro atoms. The Morgan fingerprint density at radius 3 is 2.54 bits per heavy atom. The van der Waals surface area contributed by atoms with Gasteiger partial charge in [-0.1, -0.05) is 6.92 Å². The molecule has 1 heterocycles. The number of ether oxygens (including phenoxy) is 2. The lowest BCUT2D eigenvalue weighted by Crippen LogP contribution is -2.38. The Labute approximate surface area is 155 Å². The van der Waals surface area contributed by atoms with Crippen molar-refractivity contribution in [1.82, 2.24) is 9.62 Å². The topological polar surface area (TPSA) is 84.9 Å². The molecule has 8 heteroatoms. The third-order valence-electron chi connectivity index (χ3n) is 4.56. The number of hydrogen-bond donors (Lipinski definition) is 1. The zero-order chi connectivity index (χ0) is 19.3. The highest BCUT2D eigenvalue weighted by molar-refractivity contribution is 7.89. The average molecular weight is 384 g/mol. The zero-order valence-corrected chi connectivity index (χ0v) is 16.6. The molecule has 2 rings (SSSR count). The Hall–Kier alpha value is -1.64. The second-order valence-corrected chi connectivity index (χ2v) is 8.53. The van der Waals surface area contributed by atoms with Crippen LogP contribution in [0.25, 0.3) is 0 Å². The van der Waals surface area contributed by atoms with Gasteiger partial charge in [-0.25, -0.2) is 13.1 Å². The highest BCUT2D eigenvalue weighted by Gasteiger charge is 2.26. The number of carbonyl (C=O) groups excluding carboxylic acids is 1. The van der Waals surface area contributed by atoms with Crippen LogP contribution in [0.15, 0.2) is 23.1 Å². The van der Waals surface area contributed by atoms with Crippen LogP contribution in [0.1, 0.15) is 37.0 Å². The maximum Gasteiger partial charge on any atom is 0.257 e. The molecule has 1 saturated heterocycles. The van der Waals surface area contributed by atoms with Crippen molar-refractivity contribution in [2.24, 2.45) is 5.92 Å². The van der Waals surface area contributed by atoms with Crippen molar-refractivity contribution in [3.05, 3.63) is 23.8 Å². The first kappa shape index (κ1) is 20.7. The number of sulfonamides is 1. The molecule has 0 radical (unpaired) electrons. The monoisotopic (exact) mass is 384 g/mol. The predicted molar refractivity (Wildman–Crippen MR) is 99.0 cm³/mol.